The Labute approximate surface area is 126 Å². The largest absolute Gasteiger partial charge is 0.522 e. The first-order valence-corrected chi connectivity index (χ1v) is 6.33. The van der Waals surface area contributed by atoms with Gasteiger partial charge in [0, 0.05) is 13.1 Å². The first-order valence-electron chi connectivity index (χ1n) is 6.33. The number of nitrogens with zero attached hydrogens (tertiary/aromatic N) is 5. The van der Waals surface area contributed by atoms with Gasteiger partial charge in [-0.1, -0.05) is 5.21 Å². The number of nitrogens with two attached hydrogens (primary N) is 1. The zero-order valence-electron chi connectivity index (χ0n) is 11.6. The molecule has 0 spiro atoms. The van der Waals surface area contributed by atoms with Gasteiger partial charge in [-0.3, -0.25) is 9.53 Å². The van der Waals surface area contributed by atoms with E-state index >= 15 is 0 Å². The Bertz CT molecular complexity index is 754. The predicted molar refractivity (Wildman–Crippen MR) is 68.4 cm³/mol. The summed E-state index contributed by atoms with van der Waals surface area (Å²) in [6.07, 6.45) is -3.77. The van der Waals surface area contributed by atoms with Crippen molar-refractivity contribution in [3.8, 4) is 0 Å². The van der Waals surface area contributed by atoms with E-state index in [2.05, 4.69) is 25.3 Å². The summed E-state index contributed by atoms with van der Waals surface area (Å²) in [6.45, 7) is -0.845. The molecule has 0 saturated carbocycles. The molecule has 1 amide bonds. The smallest absolute Gasteiger partial charge is 0.349 e. The molecule has 0 aliphatic heterocycles. The Morgan fingerprint density at radius 3 is 2.83 bits per heavy atom. The molecule has 10 nitrogen and oxygen atoms in total. The lowest BCUT2D eigenvalue weighted by molar-refractivity contribution is -0.325. The molecule has 2 rings (SSSR count). The first-order chi connectivity index (χ1) is 10.8. The maximum atomic E-state index is 12.0. The van der Waals surface area contributed by atoms with Gasteiger partial charge in [0.15, 0.2) is 11.3 Å². The highest BCUT2D eigenvalue weighted by atomic mass is 19.4. The van der Waals surface area contributed by atoms with E-state index in [0.717, 1.165) is 10.7 Å². The van der Waals surface area contributed by atoms with Crippen LogP contribution in [-0.4, -0.2) is 56.3 Å². The fraction of sp³-hybridized carbons (Fsp3) is 0.500. The number of halogens is 3. The number of hydrogen-bond donors (Lipinski definition) is 2. The summed E-state index contributed by atoms with van der Waals surface area (Å²) in [5, 5.41) is 9.54. The molecule has 23 heavy (non-hydrogen) atoms. The third-order valence-electron chi connectivity index (χ3n) is 2.63. The summed E-state index contributed by atoms with van der Waals surface area (Å²) in [6, 6.07) is 0. The van der Waals surface area contributed by atoms with Gasteiger partial charge in [0.2, 0.25) is 0 Å². The monoisotopic (exact) mass is 335 g/mol. The second-order valence-corrected chi connectivity index (χ2v) is 4.22. The van der Waals surface area contributed by atoms with E-state index in [1.54, 1.807) is 0 Å². The summed E-state index contributed by atoms with van der Waals surface area (Å²) in [5.41, 5.74) is 4.20. The molecular weight excluding hydrogens is 323 g/mol. The molecule has 126 valence electrons. The number of rotatable bonds is 6. The van der Waals surface area contributed by atoms with Gasteiger partial charge in [-0.25, -0.2) is 14.2 Å². The van der Waals surface area contributed by atoms with E-state index < -0.39 is 31.1 Å². The summed E-state index contributed by atoms with van der Waals surface area (Å²) in [7, 11) is 0. The molecule has 2 aromatic rings. The van der Waals surface area contributed by atoms with Crippen LogP contribution in [-0.2, 0) is 11.3 Å². The van der Waals surface area contributed by atoms with Crippen LogP contribution in [0.15, 0.2) is 11.1 Å². The fourth-order valence-corrected chi connectivity index (χ4v) is 1.65. The quantitative estimate of drug-likeness (QED) is 0.658. The van der Waals surface area contributed by atoms with Gasteiger partial charge in [-0.15, -0.1) is 18.3 Å². The molecule has 0 atom stereocenters. The number of ether oxygens (including phenoxy) is 1. The van der Waals surface area contributed by atoms with Gasteiger partial charge in [-0.05, 0) is 0 Å². The maximum Gasteiger partial charge on any atom is 0.522 e. The van der Waals surface area contributed by atoms with Crippen molar-refractivity contribution in [2.45, 2.75) is 12.9 Å². The molecule has 0 unspecified atom stereocenters. The number of nitrogens with one attached hydrogen (secondary N) is 1. The SMILES string of the molecule is NCCNC(=O)c1ncn2c(=O)n(CCOC(F)(F)F)nnc12. The van der Waals surface area contributed by atoms with Crippen molar-refractivity contribution in [2.24, 2.45) is 5.73 Å². The Balaban J connectivity index is 2.20. The van der Waals surface area contributed by atoms with Crippen LogP contribution in [0, 0.1) is 0 Å². The number of carbonyl (C=O) groups excluding carboxylic acids is 1. The topological polar surface area (TPSA) is 129 Å². The number of carbonyl (C=O) groups is 1. The van der Waals surface area contributed by atoms with Crippen LogP contribution in [0.3, 0.4) is 0 Å². The van der Waals surface area contributed by atoms with Crippen LogP contribution in [0.2, 0.25) is 0 Å². The summed E-state index contributed by atoms with van der Waals surface area (Å²) < 4.78 is 40.8. The number of hydrogen-bond acceptors (Lipinski definition) is 7. The lowest BCUT2D eigenvalue weighted by atomic mass is 10.4. The Kier molecular flexibility index (Phi) is 4.90. The highest BCUT2D eigenvalue weighted by molar-refractivity contribution is 5.97. The minimum atomic E-state index is -4.80. The molecule has 0 fully saturated rings. The predicted octanol–water partition coefficient (Wildman–Crippen LogP) is -1.49. The lowest BCUT2D eigenvalue weighted by Crippen LogP contribution is -2.33. The van der Waals surface area contributed by atoms with Crippen molar-refractivity contribution in [1.82, 2.24) is 29.7 Å². The van der Waals surface area contributed by atoms with Crippen molar-refractivity contribution in [3.63, 3.8) is 0 Å². The molecule has 0 radical (unpaired) electrons. The van der Waals surface area contributed by atoms with Gasteiger partial charge >= 0.3 is 12.1 Å². The van der Waals surface area contributed by atoms with Gasteiger partial charge in [0.05, 0.1) is 13.2 Å². The van der Waals surface area contributed by atoms with Gasteiger partial charge in [-0.2, -0.15) is 4.68 Å². The summed E-state index contributed by atoms with van der Waals surface area (Å²) in [5.74, 6) is -0.593. The maximum absolute atomic E-state index is 12.0. The Hall–Kier alpha value is -2.54. The van der Waals surface area contributed by atoms with E-state index in [1.807, 2.05) is 0 Å². The third-order valence-corrected chi connectivity index (χ3v) is 2.63. The molecule has 13 heteroatoms. The van der Waals surface area contributed by atoms with Crippen LogP contribution in [0.4, 0.5) is 13.2 Å². The van der Waals surface area contributed by atoms with Crippen molar-refractivity contribution in [1.29, 1.82) is 0 Å². The zero-order chi connectivity index (χ0) is 17.0. The number of alkyl halides is 3. The van der Waals surface area contributed by atoms with Crippen molar-refractivity contribution >= 4 is 11.6 Å². The molecule has 2 aromatic heterocycles. The van der Waals surface area contributed by atoms with Gasteiger partial charge in [0.1, 0.15) is 6.33 Å². The molecule has 0 saturated heterocycles. The minimum Gasteiger partial charge on any atom is -0.349 e. The lowest BCUT2D eigenvalue weighted by Gasteiger charge is -2.07. The minimum absolute atomic E-state index is 0.113. The molecule has 2 heterocycles. The summed E-state index contributed by atoms with van der Waals surface area (Å²) in [4.78, 5) is 27.6. The molecular formula is C10H12F3N7O3. The average molecular weight is 335 g/mol. The number of imidazole rings is 1. The molecule has 0 aliphatic rings. The molecule has 0 aliphatic carbocycles. The van der Waals surface area contributed by atoms with Crippen molar-refractivity contribution in [2.75, 3.05) is 19.7 Å². The van der Waals surface area contributed by atoms with Crippen LogP contribution in [0.1, 0.15) is 10.5 Å². The van der Waals surface area contributed by atoms with Gasteiger partial charge < -0.3 is 11.1 Å². The van der Waals surface area contributed by atoms with E-state index in [4.69, 9.17) is 5.73 Å². The van der Waals surface area contributed by atoms with E-state index in [9.17, 15) is 22.8 Å². The molecule has 0 bridgehead atoms. The van der Waals surface area contributed by atoms with Crippen LogP contribution in [0.25, 0.3) is 5.65 Å². The Morgan fingerprint density at radius 2 is 2.17 bits per heavy atom. The third kappa shape index (κ3) is 4.01. The molecule has 3 N–H and O–H groups in total. The van der Waals surface area contributed by atoms with Crippen LogP contribution in [0.5, 0.6) is 0 Å². The second-order valence-electron chi connectivity index (χ2n) is 4.22. The first kappa shape index (κ1) is 16.8. The zero-order valence-corrected chi connectivity index (χ0v) is 11.6. The fourth-order valence-electron chi connectivity index (χ4n) is 1.65. The summed E-state index contributed by atoms with van der Waals surface area (Å²) >= 11 is 0. The Morgan fingerprint density at radius 1 is 1.43 bits per heavy atom. The van der Waals surface area contributed by atoms with E-state index in [-0.39, 0.29) is 24.4 Å². The van der Waals surface area contributed by atoms with Crippen LogP contribution >= 0.6 is 0 Å². The van der Waals surface area contributed by atoms with E-state index in [1.165, 1.54) is 0 Å². The highest BCUT2D eigenvalue weighted by Crippen LogP contribution is 2.15. The standard InChI is InChI=1S/C10H12F3N7O3/c11-10(12,13)23-4-3-20-9(22)19-5-16-6(7(19)17-18-20)8(21)15-2-1-14/h5H,1-4,14H2,(H,15,21). The normalized spacial score (nSPS) is 11.8. The van der Waals surface area contributed by atoms with E-state index in [0.29, 0.717) is 4.68 Å². The molecule has 0 aromatic carbocycles. The van der Waals surface area contributed by atoms with Gasteiger partial charge in [0.25, 0.3) is 5.91 Å². The highest BCUT2D eigenvalue weighted by Gasteiger charge is 2.28. The average Bonchev–Trinajstić information content (AvgIpc) is 2.90. The number of amides is 1. The second kappa shape index (κ2) is 6.70. The van der Waals surface area contributed by atoms with Crippen molar-refractivity contribution in [3.05, 3.63) is 22.5 Å². The number of aromatic nitrogens is 5. The van der Waals surface area contributed by atoms with Crippen LogP contribution < -0.4 is 16.7 Å². The van der Waals surface area contributed by atoms with Crippen molar-refractivity contribution < 1.29 is 22.7 Å². The number of fused-ring (bicyclic) bond motifs is 1.